The van der Waals surface area contributed by atoms with E-state index in [2.05, 4.69) is 24.1 Å². The topological polar surface area (TPSA) is 15.3 Å². The normalized spacial score (nSPS) is 36.0. The molecule has 2 heteroatoms. The minimum absolute atomic E-state index is 0.808. The van der Waals surface area contributed by atoms with Crippen LogP contribution in [0.15, 0.2) is 0 Å². The highest BCUT2D eigenvalue weighted by Gasteiger charge is 2.24. The van der Waals surface area contributed by atoms with Crippen molar-refractivity contribution in [2.24, 2.45) is 5.92 Å². The van der Waals surface area contributed by atoms with E-state index in [0.29, 0.717) is 0 Å². The Morgan fingerprint density at radius 2 is 2.00 bits per heavy atom. The highest BCUT2D eigenvalue weighted by molar-refractivity contribution is 4.79. The van der Waals surface area contributed by atoms with Gasteiger partial charge < -0.3 is 10.2 Å². The zero-order chi connectivity index (χ0) is 12.1. The third kappa shape index (κ3) is 3.96. The van der Waals surface area contributed by atoms with Crippen LogP contribution in [0, 0.1) is 5.92 Å². The van der Waals surface area contributed by atoms with Crippen molar-refractivity contribution in [2.45, 2.75) is 70.9 Å². The maximum absolute atomic E-state index is 3.66. The van der Waals surface area contributed by atoms with Gasteiger partial charge in [0.2, 0.25) is 0 Å². The van der Waals surface area contributed by atoms with Gasteiger partial charge in [0.05, 0.1) is 0 Å². The molecule has 0 saturated carbocycles. The number of piperidine rings is 2. The van der Waals surface area contributed by atoms with Gasteiger partial charge in [0.15, 0.2) is 0 Å². The number of nitrogens with zero attached hydrogens (tertiary/aromatic N) is 1. The lowest BCUT2D eigenvalue weighted by Crippen LogP contribution is -2.43. The van der Waals surface area contributed by atoms with Gasteiger partial charge in [-0.15, -0.1) is 0 Å². The first-order valence-electron chi connectivity index (χ1n) is 7.75. The van der Waals surface area contributed by atoms with Crippen LogP contribution in [0.2, 0.25) is 0 Å². The molecule has 0 aliphatic carbocycles. The van der Waals surface area contributed by atoms with Gasteiger partial charge in [0.25, 0.3) is 0 Å². The van der Waals surface area contributed by atoms with Crippen molar-refractivity contribution in [1.29, 1.82) is 0 Å². The van der Waals surface area contributed by atoms with Crippen LogP contribution >= 0.6 is 0 Å². The summed E-state index contributed by atoms with van der Waals surface area (Å²) in [5.74, 6) is 0.900. The monoisotopic (exact) mass is 238 g/mol. The van der Waals surface area contributed by atoms with Crippen LogP contribution in [0.25, 0.3) is 0 Å². The largest absolute Gasteiger partial charge is 0.314 e. The SMILES string of the molecule is CC1CCCN(CCCC2CCCCN2)C1C. The van der Waals surface area contributed by atoms with Crippen molar-refractivity contribution < 1.29 is 0 Å². The summed E-state index contributed by atoms with van der Waals surface area (Å²) < 4.78 is 0. The van der Waals surface area contributed by atoms with Gasteiger partial charge in [0.1, 0.15) is 0 Å². The molecule has 17 heavy (non-hydrogen) atoms. The second-order valence-electron chi connectivity index (χ2n) is 6.19. The highest BCUT2D eigenvalue weighted by Crippen LogP contribution is 2.23. The predicted octanol–water partition coefficient (Wildman–Crippen LogP) is 3.03. The minimum Gasteiger partial charge on any atom is -0.314 e. The number of hydrogen-bond donors (Lipinski definition) is 1. The predicted molar refractivity (Wildman–Crippen MR) is 74.3 cm³/mol. The Bertz CT molecular complexity index is 211. The van der Waals surface area contributed by atoms with Crippen LogP contribution in [0.3, 0.4) is 0 Å². The van der Waals surface area contributed by atoms with Crippen molar-refractivity contribution in [3.05, 3.63) is 0 Å². The van der Waals surface area contributed by atoms with Crippen LogP contribution in [-0.4, -0.2) is 36.6 Å². The Morgan fingerprint density at radius 3 is 2.76 bits per heavy atom. The van der Waals surface area contributed by atoms with Crippen molar-refractivity contribution in [3.63, 3.8) is 0 Å². The number of hydrogen-bond acceptors (Lipinski definition) is 2. The van der Waals surface area contributed by atoms with Gasteiger partial charge >= 0.3 is 0 Å². The van der Waals surface area contributed by atoms with Gasteiger partial charge in [-0.25, -0.2) is 0 Å². The fraction of sp³-hybridized carbons (Fsp3) is 1.00. The Kier molecular flexibility index (Phi) is 5.30. The molecule has 2 aliphatic rings. The second-order valence-corrected chi connectivity index (χ2v) is 6.19. The Labute approximate surface area is 107 Å². The first kappa shape index (κ1) is 13.4. The van der Waals surface area contributed by atoms with E-state index < -0.39 is 0 Å². The quantitative estimate of drug-likeness (QED) is 0.810. The average molecular weight is 238 g/mol. The molecular weight excluding hydrogens is 208 g/mol. The first-order valence-corrected chi connectivity index (χ1v) is 7.75. The molecule has 2 fully saturated rings. The van der Waals surface area contributed by atoms with E-state index in [9.17, 15) is 0 Å². The Morgan fingerprint density at radius 1 is 1.12 bits per heavy atom. The lowest BCUT2D eigenvalue weighted by Gasteiger charge is -2.38. The van der Waals surface area contributed by atoms with Crippen LogP contribution < -0.4 is 5.32 Å². The highest BCUT2D eigenvalue weighted by atomic mass is 15.2. The van der Waals surface area contributed by atoms with E-state index >= 15 is 0 Å². The standard InChI is InChI=1S/C15H30N2/c1-13-7-5-11-17(14(13)2)12-6-9-15-8-3-4-10-16-15/h13-16H,3-12H2,1-2H3. The van der Waals surface area contributed by atoms with Crippen molar-refractivity contribution in [3.8, 4) is 0 Å². The summed E-state index contributed by atoms with van der Waals surface area (Å²) in [6.07, 6.45) is 9.85. The fourth-order valence-electron chi connectivity index (χ4n) is 3.45. The molecule has 2 heterocycles. The molecule has 0 aromatic heterocycles. The maximum Gasteiger partial charge on any atom is 0.00925 e. The van der Waals surface area contributed by atoms with E-state index in [1.54, 1.807) is 0 Å². The molecule has 0 spiro atoms. The molecule has 2 aliphatic heterocycles. The number of rotatable bonds is 4. The third-order valence-corrected chi connectivity index (χ3v) is 4.91. The summed E-state index contributed by atoms with van der Waals surface area (Å²) in [5, 5.41) is 3.66. The molecule has 100 valence electrons. The second kappa shape index (κ2) is 6.75. The molecule has 2 saturated heterocycles. The van der Waals surface area contributed by atoms with E-state index in [0.717, 1.165) is 18.0 Å². The molecule has 2 nitrogen and oxygen atoms in total. The summed E-state index contributed by atoms with van der Waals surface area (Å²) in [4.78, 5) is 2.72. The lowest BCUT2D eigenvalue weighted by molar-refractivity contribution is 0.110. The molecular formula is C15H30N2. The molecule has 3 unspecified atom stereocenters. The van der Waals surface area contributed by atoms with Crippen LogP contribution in [0.1, 0.15) is 58.8 Å². The van der Waals surface area contributed by atoms with E-state index in [1.165, 1.54) is 64.6 Å². The van der Waals surface area contributed by atoms with Gasteiger partial charge in [-0.3, -0.25) is 0 Å². The average Bonchev–Trinajstić information content (AvgIpc) is 2.36. The van der Waals surface area contributed by atoms with Crippen molar-refractivity contribution >= 4 is 0 Å². The fourth-order valence-corrected chi connectivity index (χ4v) is 3.45. The summed E-state index contributed by atoms with van der Waals surface area (Å²) in [6.45, 7) is 8.75. The van der Waals surface area contributed by atoms with Crippen LogP contribution in [-0.2, 0) is 0 Å². The van der Waals surface area contributed by atoms with Crippen molar-refractivity contribution in [2.75, 3.05) is 19.6 Å². The summed E-state index contributed by atoms with van der Waals surface area (Å²) >= 11 is 0. The van der Waals surface area contributed by atoms with E-state index in [-0.39, 0.29) is 0 Å². The molecule has 0 radical (unpaired) electrons. The van der Waals surface area contributed by atoms with Crippen molar-refractivity contribution in [1.82, 2.24) is 10.2 Å². The molecule has 0 aromatic carbocycles. The van der Waals surface area contributed by atoms with Crippen LogP contribution in [0.5, 0.6) is 0 Å². The van der Waals surface area contributed by atoms with E-state index in [1.807, 2.05) is 0 Å². The molecule has 0 bridgehead atoms. The molecule has 3 atom stereocenters. The van der Waals surface area contributed by atoms with Gasteiger partial charge in [-0.05, 0) is 71.0 Å². The summed E-state index contributed by atoms with van der Waals surface area (Å²) in [6, 6.07) is 1.63. The Hall–Kier alpha value is -0.0800. The summed E-state index contributed by atoms with van der Waals surface area (Å²) in [5.41, 5.74) is 0. The first-order chi connectivity index (χ1) is 8.27. The zero-order valence-corrected chi connectivity index (χ0v) is 11.8. The lowest BCUT2D eigenvalue weighted by atomic mass is 9.91. The number of likely N-dealkylation sites (tertiary alicyclic amines) is 1. The molecule has 1 N–H and O–H groups in total. The van der Waals surface area contributed by atoms with Crippen LogP contribution in [0.4, 0.5) is 0 Å². The van der Waals surface area contributed by atoms with Gasteiger partial charge in [-0.2, -0.15) is 0 Å². The minimum atomic E-state index is 0.808. The van der Waals surface area contributed by atoms with Gasteiger partial charge in [0, 0.05) is 12.1 Å². The number of nitrogens with one attached hydrogen (secondary N) is 1. The molecule has 2 rings (SSSR count). The van der Waals surface area contributed by atoms with Gasteiger partial charge in [-0.1, -0.05) is 13.3 Å². The Balaban J connectivity index is 1.63. The van der Waals surface area contributed by atoms with E-state index in [4.69, 9.17) is 0 Å². The third-order valence-electron chi connectivity index (χ3n) is 4.91. The maximum atomic E-state index is 3.66. The zero-order valence-electron chi connectivity index (χ0n) is 11.8. The molecule has 0 aromatic rings. The summed E-state index contributed by atoms with van der Waals surface area (Å²) in [7, 11) is 0. The smallest absolute Gasteiger partial charge is 0.00925 e. The molecule has 0 amide bonds.